The summed E-state index contributed by atoms with van der Waals surface area (Å²) in [6.07, 6.45) is 1.54. The van der Waals surface area contributed by atoms with Gasteiger partial charge in [0.1, 0.15) is 11.5 Å². The molecule has 24 heavy (non-hydrogen) atoms. The highest BCUT2D eigenvalue weighted by atomic mass is 16.5. The molecule has 0 aliphatic rings. The first-order chi connectivity index (χ1) is 11.6. The molecule has 0 amide bonds. The molecule has 2 heteroatoms. The Morgan fingerprint density at radius 2 is 1.50 bits per heavy atom. The number of carbonyl (C=O) groups is 1. The summed E-state index contributed by atoms with van der Waals surface area (Å²) in [7, 11) is 0. The van der Waals surface area contributed by atoms with E-state index in [-0.39, 0.29) is 5.92 Å². The molecule has 0 spiro atoms. The molecule has 0 radical (unpaired) electrons. The zero-order valence-corrected chi connectivity index (χ0v) is 14.6. The van der Waals surface area contributed by atoms with Gasteiger partial charge in [0.15, 0.2) is 0 Å². The van der Waals surface area contributed by atoms with Crippen molar-refractivity contribution in [2.75, 3.05) is 6.61 Å². The van der Waals surface area contributed by atoms with Crippen LogP contribution in [0.4, 0.5) is 0 Å². The number of Topliss-reactive ketones (excluding diaryl/α,β-unsaturated/α-hetero) is 1. The van der Waals surface area contributed by atoms with Crippen LogP contribution in [0.1, 0.15) is 56.2 Å². The number of carbonyl (C=O) groups excluding carboxylic acids is 1. The fourth-order valence-corrected chi connectivity index (χ4v) is 2.45. The summed E-state index contributed by atoms with van der Waals surface area (Å²) in [5.41, 5.74) is 2.96. The molecule has 0 heterocycles. The third-order valence-electron chi connectivity index (χ3n) is 3.91. The van der Waals surface area contributed by atoms with Crippen LogP contribution in [0, 0.1) is 11.8 Å². The highest BCUT2D eigenvalue weighted by Crippen LogP contribution is 2.19. The van der Waals surface area contributed by atoms with Crippen molar-refractivity contribution in [3.05, 3.63) is 65.2 Å². The predicted molar refractivity (Wildman–Crippen MR) is 98.4 cm³/mol. The lowest BCUT2D eigenvalue weighted by atomic mass is 9.93. The van der Waals surface area contributed by atoms with E-state index in [1.807, 2.05) is 69.3 Å². The minimum absolute atomic E-state index is 0.0435. The zero-order chi connectivity index (χ0) is 17.4. The number of benzene rings is 2. The summed E-state index contributed by atoms with van der Waals surface area (Å²) >= 11 is 0. The van der Waals surface area contributed by atoms with Crippen LogP contribution in [-0.2, 0) is 4.79 Å². The van der Waals surface area contributed by atoms with Crippen molar-refractivity contribution in [3.8, 4) is 17.6 Å². The molecule has 2 rings (SSSR count). The summed E-state index contributed by atoms with van der Waals surface area (Å²) in [6, 6.07) is 15.7. The molecule has 0 saturated heterocycles. The molecule has 2 nitrogen and oxygen atoms in total. The molecule has 1 unspecified atom stereocenters. The van der Waals surface area contributed by atoms with E-state index >= 15 is 0 Å². The van der Waals surface area contributed by atoms with Gasteiger partial charge < -0.3 is 4.74 Å². The largest absolute Gasteiger partial charge is 0.494 e. The summed E-state index contributed by atoms with van der Waals surface area (Å²) in [5.74, 6) is 7.42. The third-order valence-corrected chi connectivity index (χ3v) is 3.91. The Bertz CT molecular complexity index is 715. The monoisotopic (exact) mass is 320 g/mol. The van der Waals surface area contributed by atoms with Crippen LogP contribution in [-0.4, -0.2) is 12.4 Å². The van der Waals surface area contributed by atoms with Gasteiger partial charge in [0, 0.05) is 23.5 Å². The fraction of sp³-hybridized carbons (Fsp3) is 0.318. The van der Waals surface area contributed by atoms with E-state index in [1.54, 1.807) is 0 Å². The Kier molecular flexibility index (Phi) is 6.63. The van der Waals surface area contributed by atoms with Gasteiger partial charge in [-0.15, -0.1) is 0 Å². The minimum Gasteiger partial charge on any atom is -0.494 e. The lowest BCUT2D eigenvalue weighted by Crippen LogP contribution is -2.08. The third kappa shape index (κ3) is 4.99. The Hall–Kier alpha value is -2.53. The van der Waals surface area contributed by atoms with E-state index in [1.165, 1.54) is 0 Å². The number of hydrogen-bond acceptors (Lipinski definition) is 2. The van der Waals surface area contributed by atoms with Gasteiger partial charge in [-0.05, 0) is 55.3 Å². The first kappa shape index (κ1) is 17.8. The van der Waals surface area contributed by atoms with Gasteiger partial charge in [-0.1, -0.05) is 37.8 Å². The highest BCUT2D eigenvalue weighted by molar-refractivity contribution is 5.85. The molecular formula is C22H24O2. The van der Waals surface area contributed by atoms with Gasteiger partial charge in [-0.2, -0.15) is 0 Å². The maximum Gasteiger partial charge on any atom is 0.140 e. The Balaban J connectivity index is 2.05. The molecule has 0 saturated carbocycles. The number of ketones is 1. The van der Waals surface area contributed by atoms with E-state index in [9.17, 15) is 4.79 Å². The lowest BCUT2D eigenvalue weighted by Gasteiger charge is -2.10. The van der Waals surface area contributed by atoms with E-state index < -0.39 is 0 Å². The van der Waals surface area contributed by atoms with Crippen LogP contribution >= 0.6 is 0 Å². The van der Waals surface area contributed by atoms with Gasteiger partial charge in [0.25, 0.3) is 0 Å². The van der Waals surface area contributed by atoms with E-state index in [4.69, 9.17) is 4.74 Å². The number of hydrogen-bond donors (Lipinski definition) is 0. The second-order valence-electron chi connectivity index (χ2n) is 5.77. The molecule has 0 fully saturated rings. The Morgan fingerprint density at radius 3 is 2.00 bits per heavy atom. The Morgan fingerprint density at radius 1 is 0.958 bits per heavy atom. The van der Waals surface area contributed by atoms with Crippen molar-refractivity contribution < 1.29 is 9.53 Å². The predicted octanol–water partition coefficient (Wildman–Crippen LogP) is 4.96. The van der Waals surface area contributed by atoms with E-state index in [2.05, 4.69) is 11.8 Å². The van der Waals surface area contributed by atoms with Crippen LogP contribution < -0.4 is 4.74 Å². The fourth-order valence-electron chi connectivity index (χ4n) is 2.45. The van der Waals surface area contributed by atoms with Gasteiger partial charge in [0.2, 0.25) is 0 Å². The van der Waals surface area contributed by atoms with Crippen molar-refractivity contribution in [2.24, 2.45) is 0 Å². The highest BCUT2D eigenvalue weighted by Gasteiger charge is 2.13. The van der Waals surface area contributed by atoms with Crippen molar-refractivity contribution in [1.82, 2.24) is 0 Å². The van der Waals surface area contributed by atoms with Crippen LogP contribution in [0.15, 0.2) is 48.5 Å². The van der Waals surface area contributed by atoms with Crippen molar-refractivity contribution in [2.45, 2.75) is 39.5 Å². The molecule has 1 atom stereocenters. The zero-order valence-electron chi connectivity index (χ0n) is 14.6. The van der Waals surface area contributed by atoms with Gasteiger partial charge >= 0.3 is 0 Å². The van der Waals surface area contributed by atoms with Crippen LogP contribution in [0.25, 0.3) is 0 Å². The average molecular weight is 320 g/mol. The SMILES string of the molecule is CCCC(=O)C(C)c1ccc(C#Cc2ccc(OCC)cc2)cc1. The molecule has 0 bridgehead atoms. The van der Waals surface area contributed by atoms with Crippen molar-refractivity contribution >= 4 is 5.78 Å². The molecular weight excluding hydrogens is 296 g/mol. The Labute approximate surface area is 144 Å². The molecule has 0 aromatic heterocycles. The summed E-state index contributed by atoms with van der Waals surface area (Å²) in [6.45, 7) is 6.63. The van der Waals surface area contributed by atoms with Gasteiger partial charge in [-0.25, -0.2) is 0 Å². The van der Waals surface area contributed by atoms with Crippen LogP contribution in [0.3, 0.4) is 0 Å². The molecule has 0 N–H and O–H groups in total. The standard InChI is InChI=1S/C22H24O2/c1-4-6-22(23)17(3)20-13-9-18(10-14-20)7-8-19-11-15-21(16-12-19)24-5-2/h9-17H,4-6H2,1-3H3. The molecule has 2 aromatic carbocycles. The van der Waals surface area contributed by atoms with E-state index in [0.29, 0.717) is 18.8 Å². The molecule has 2 aromatic rings. The second kappa shape index (κ2) is 8.93. The molecule has 0 aliphatic carbocycles. The summed E-state index contributed by atoms with van der Waals surface area (Å²) < 4.78 is 5.42. The maximum absolute atomic E-state index is 12.0. The normalized spacial score (nSPS) is 11.3. The first-order valence-corrected chi connectivity index (χ1v) is 8.51. The van der Waals surface area contributed by atoms with Crippen LogP contribution in [0.2, 0.25) is 0 Å². The summed E-state index contributed by atoms with van der Waals surface area (Å²) in [5, 5.41) is 0. The van der Waals surface area contributed by atoms with Crippen molar-refractivity contribution in [1.29, 1.82) is 0 Å². The van der Waals surface area contributed by atoms with Crippen molar-refractivity contribution in [3.63, 3.8) is 0 Å². The quantitative estimate of drug-likeness (QED) is 0.703. The number of ether oxygens (including phenoxy) is 1. The maximum atomic E-state index is 12.0. The topological polar surface area (TPSA) is 26.3 Å². The lowest BCUT2D eigenvalue weighted by molar-refractivity contribution is -0.120. The molecule has 0 aliphatic heterocycles. The number of rotatable bonds is 6. The first-order valence-electron chi connectivity index (χ1n) is 8.51. The summed E-state index contributed by atoms with van der Waals surface area (Å²) in [4.78, 5) is 12.0. The molecule has 124 valence electrons. The minimum atomic E-state index is -0.0435. The van der Waals surface area contributed by atoms with Gasteiger partial charge in [0.05, 0.1) is 6.61 Å². The van der Waals surface area contributed by atoms with Gasteiger partial charge in [-0.3, -0.25) is 4.79 Å². The van der Waals surface area contributed by atoms with Crippen LogP contribution in [0.5, 0.6) is 5.75 Å². The second-order valence-corrected chi connectivity index (χ2v) is 5.77. The average Bonchev–Trinajstić information content (AvgIpc) is 2.61. The smallest absolute Gasteiger partial charge is 0.140 e. The van der Waals surface area contributed by atoms with E-state index in [0.717, 1.165) is 28.9 Å².